The van der Waals surface area contributed by atoms with Crippen molar-refractivity contribution in [3.8, 4) is 23.0 Å². The van der Waals surface area contributed by atoms with Gasteiger partial charge in [0.05, 0.1) is 41.6 Å². The molecule has 320 valence electrons. The number of aromatic nitrogens is 3. The first kappa shape index (κ1) is 41.9. The molecule has 0 radical (unpaired) electrons. The molecule has 1 saturated carbocycles. The minimum Gasteiger partial charge on any atom is -0.469 e. The van der Waals surface area contributed by atoms with Gasteiger partial charge in [-0.1, -0.05) is 37.1 Å². The number of pyridine rings is 1. The lowest BCUT2D eigenvalue weighted by atomic mass is 10.00. The normalized spacial score (nSPS) is 18.4. The number of methoxy groups -OCH3 is 2. The molecule has 0 spiro atoms. The number of thiophene rings is 1. The highest BCUT2D eigenvalue weighted by Crippen LogP contribution is 2.48. The predicted molar refractivity (Wildman–Crippen MR) is 235 cm³/mol. The first-order valence-corrected chi connectivity index (χ1v) is 22.1. The van der Waals surface area contributed by atoms with Crippen LogP contribution in [0.25, 0.3) is 42.3 Å². The maximum atomic E-state index is 13.5. The van der Waals surface area contributed by atoms with E-state index in [-0.39, 0.29) is 36.4 Å². The number of fused-ring (bicyclic) bond motifs is 6. The molecular formula is C46H58N6O7S. The first-order chi connectivity index (χ1) is 28.9. The third-order valence-electron chi connectivity index (χ3n) is 12.0. The molecule has 5 aromatic rings. The Labute approximate surface area is 356 Å². The smallest absolute Gasteiger partial charge is 0.410 e. The Morgan fingerprint density at radius 1 is 0.950 bits per heavy atom. The zero-order valence-electron chi connectivity index (χ0n) is 35.8. The van der Waals surface area contributed by atoms with Gasteiger partial charge in [-0.05, 0) is 102 Å². The van der Waals surface area contributed by atoms with Gasteiger partial charge in [-0.3, -0.25) is 14.7 Å². The van der Waals surface area contributed by atoms with Crippen molar-refractivity contribution in [2.45, 2.75) is 96.2 Å². The topological polar surface area (TPSA) is 129 Å². The molecule has 14 heteroatoms. The number of benzene rings is 2. The number of anilines is 1. The molecule has 8 rings (SSSR count). The second kappa shape index (κ2) is 17.7. The summed E-state index contributed by atoms with van der Waals surface area (Å²) in [5.41, 5.74) is 1.31. The summed E-state index contributed by atoms with van der Waals surface area (Å²) in [5, 5.41) is 4.12. The monoisotopic (exact) mass is 838 g/mol. The number of piperazine rings is 1. The van der Waals surface area contributed by atoms with Crippen LogP contribution >= 0.6 is 11.3 Å². The summed E-state index contributed by atoms with van der Waals surface area (Å²) in [6, 6.07) is 14.8. The summed E-state index contributed by atoms with van der Waals surface area (Å²) in [6.07, 6.45) is 10.2. The largest absolute Gasteiger partial charge is 0.469 e. The van der Waals surface area contributed by atoms with Gasteiger partial charge in [0.15, 0.2) is 6.79 Å². The van der Waals surface area contributed by atoms with Gasteiger partial charge in [-0.15, -0.1) is 11.3 Å². The Morgan fingerprint density at radius 2 is 1.72 bits per heavy atom. The molecule has 2 atom stereocenters. The van der Waals surface area contributed by atoms with Crippen LogP contribution in [-0.2, 0) is 19.0 Å². The first-order valence-electron chi connectivity index (χ1n) is 21.3. The van der Waals surface area contributed by atoms with E-state index in [0.29, 0.717) is 37.9 Å². The second-order valence-corrected chi connectivity index (χ2v) is 18.8. The summed E-state index contributed by atoms with van der Waals surface area (Å²) in [6.45, 7) is 9.64. The number of hydrogen-bond donors (Lipinski definition) is 0. The van der Waals surface area contributed by atoms with Crippen LogP contribution in [-0.4, -0.2) is 115 Å². The van der Waals surface area contributed by atoms with E-state index in [4.69, 9.17) is 38.6 Å². The van der Waals surface area contributed by atoms with Crippen molar-refractivity contribution >= 4 is 60.3 Å². The van der Waals surface area contributed by atoms with E-state index in [1.807, 2.05) is 56.1 Å². The lowest BCUT2D eigenvalue weighted by Gasteiger charge is -2.42. The Hall–Kier alpha value is -4.79. The zero-order chi connectivity index (χ0) is 42.0. The summed E-state index contributed by atoms with van der Waals surface area (Å²) in [4.78, 5) is 47.8. The van der Waals surface area contributed by atoms with Crippen LogP contribution in [0.2, 0.25) is 0 Å². The fourth-order valence-electron chi connectivity index (χ4n) is 8.93. The van der Waals surface area contributed by atoms with Gasteiger partial charge in [0, 0.05) is 55.7 Å². The van der Waals surface area contributed by atoms with E-state index in [1.165, 1.54) is 7.11 Å². The summed E-state index contributed by atoms with van der Waals surface area (Å²) in [7, 11) is 5.25. The van der Waals surface area contributed by atoms with Gasteiger partial charge in [0.2, 0.25) is 0 Å². The van der Waals surface area contributed by atoms with Crippen LogP contribution in [0, 0.1) is 5.41 Å². The molecule has 60 heavy (non-hydrogen) atoms. The minimum absolute atomic E-state index is 0.00874. The fraction of sp³-hybridized carbons (Fsp3) is 0.543. The Morgan fingerprint density at radius 3 is 2.45 bits per heavy atom. The molecule has 1 aliphatic carbocycles. The van der Waals surface area contributed by atoms with E-state index < -0.39 is 5.60 Å². The lowest BCUT2D eigenvalue weighted by Crippen LogP contribution is -2.57. The van der Waals surface area contributed by atoms with Crippen LogP contribution in [0.5, 0.6) is 11.8 Å². The van der Waals surface area contributed by atoms with Crippen molar-refractivity contribution in [3.63, 3.8) is 0 Å². The van der Waals surface area contributed by atoms with Crippen molar-refractivity contribution in [2.75, 3.05) is 65.7 Å². The maximum absolute atomic E-state index is 13.5. The third-order valence-corrected chi connectivity index (χ3v) is 13.1. The molecule has 0 N–H and O–H groups in total. The van der Waals surface area contributed by atoms with E-state index >= 15 is 0 Å². The van der Waals surface area contributed by atoms with Crippen LogP contribution in [0.4, 0.5) is 10.6 Å². The highest BCUT2D eigenvalue weighted by Gasteiger charge is 2.46. The molecule has 1 amide bonds. The highest BCUT2D eigenvalue weighted by atomic mass is 32.1. The Bertz CT molecular complexity index is 2330. The van der Waals surface area contributed by atoms with Gasteiger partial charge >= 0.3 is 18.1 Å². The van der Waals surface area contributed by atoms with Crippen molar-refractivity contribution in [2.24, 2.45) is 5.41 Å². The predicted octanol–water partition coefficient (Wildman–Crippen LogP) is 8.84. The zero-order valence-corrected chi connectivity index (χ0v) is 36.6. The summed E-state index contributed by atoms with van der Waals surface area (Å²) in [5.74, 6) is 1.40. The van der Waals surface area contributed by atoms with E-state index in [1.54, 1.807) is 18.4 Å². The second-order valence-electron chi connectivity index (χ2n) is 17.8. The molecule has 2 saturated heterocycles. The number of carbonyl (C=O) groups excluding carboxylic acids is 2. The molecule has 2 aromatic carbocycles. The van der Waals surface area contributed by atoms with Gasteiger partial charge in [-0.25, -0.2) is 4.79 Å². The van der Waals surface area contributed by atoms with Crippen LogP contribution in [0.1, 0.15) is 78.6 Å². The van der Waals surface area contributed by atoms with Gasteiger partial charge in [0.25, 0.3) is 0 Å². The number of amides is 1. The van der Waals surface area contributed by atoms with Crippen LogP contribution < -0.4 is 14.4 Å². The van der Waals surface area contributed by atoms with Crippen molar-refractivity contribution in [1.82, 2.24) is 24.8 Å². The number of unbranched alkanes of at least 4 members (excludes halogenated alkanes) is 3. The molecule has 13 nitrogen and oxygen atoms in total. The van der Waals surface area contributed by atoms with Crippen LogP contribution in [0.15, 0.2) is 48.7 Å². The third kappa shape index (κ3) is 9.25. The number of rotatable bonds is 17. The molecule has 2 aliphatic heterocycles. The average Bonchev–Trinajstić information content (AvgIpc) is 3.80. The molecule has 2 bridgehead atoms. The molecule has 2 unspecified atom stereocenters. The molecule has 3 fully saturated rings. The van der Waals surface area contributed by atoms with Crippen molar-refractivity contribution in [1.29, 1.82) is 0 Å². The number of nitrogens with zero attached hydrogens (tertiary/aromatic N) is 6. The fourth-order valence-corrected chi connectivity index (χ4v) is 10.1. The average molecular weight is 839 g/mol. The molecule has 5 heterocycles. The standard InChI is InChI=1S/C46H58N6O7S/c1-45(2,3)59-44(54)52-31-16-17-32(52)26-51(25-31)41-38-35-18-21-47-39(36-24-33(58-29-55-5)23-30-13-10-11-14-34(30)36)40(35)60-42(38)49-43(48-41)57-28-46(19-20-46)27-50(4)22-12-8-7-9-15-37(53)56-6/h10-11,13-14,18,21,23-24,31-32H,7-9,12,15-17,19-20,22,25-29H2,1-6H3. The highest BCUT2D eigenvalue weighted by molar-refractivity contribution is 7.26. The van der Waals surface area contributed by atoms with Crippen molar-refractivity contribution < 1.29 is 33.3 Å². The van der Waals surface area contributed by atoms with Gasteiger partial charge in [-0.2, -0.15) is 9.97 Å². The van der Waals surface area contributed by atoms with Gasteiger partial charge in [0.1, 0.15) is 22.0 Å². The number of esters is 1. The molecule has 3 aliphatic rings. The van der Waals surface area contributed by atoms with Crippen molar-refractivity contribution in [3.05, 3.63) is 48.7 Å². The van der Waals surface area contributed by atoms with E-state index in [2.05, 4.69) is 35.0 Å². The quantitative estimate of drug-likeness (QED) is 0.0504. The van der Waals surface area contributed by atoms with Crippen LogP contribution in [0.3, 0.4) is 0 Å². The number of carbonyl (C=O) groups is 2. The van der Waals surface area contributed by atoms with E-state index in [0.717, 1.165) is 113 Å². The summed E-state index contributed by atoms with van der Waals surface area (Å²) >= 11 is 1.61. The Kier molecular flexibility index (Phi) is 12.3. The van der Waals surface area contributed by atoms with Gasteiger partial charge < -0.3 is 33.5 Å². The number of hydrogen-bond acceptors (Lipinski definition) is 13. The minimum atomic E-state index is -0.568. The number of ether oxygens (including phenoxy) is 5. The summed E-state index contributed by atoms with van der Waals surface area (Å²) < 4.78 is 29.5. The maximum Gasteiger partial charge on any atom is 0.410 e. The van der Waals surface area contributed by atoms with E-state index in [9.17, 15) is 9.59 Å². The Balaban J connectivity index is 1.10. The molecular weight excluding hydrogens is 781 g/mol. The SMILES string of the molecule is COCOc1cc(-c2nccc3c2sc2nc(OCC4(CN(C)CCCCCCC(=O)OC)CC4)nc(N4CC5CCC(C4)N5C(=O)OC(C)(C)C)c23)c2ccccc2c1. The lowest BCUT2D eigenvalue weighted by molar-refractivity contribution is -0.140. The molecule has 3 aromatic heterocycles.